The highest BCUT2D eigenvalue weighted by atomic mass is 16.4. The van der Waals surface area contributed by atoms with Gasteiger partial charge in [0.2, 0.25) is 0 Å². The average Bonchev–Trinajstić information content (AvgIpc) is 2.92. The van der Waals surface area contributed by atoms with Crippen LogP contribution < -0.4 is 10.6 Å². The van der Waals surface area contributed by atoms with Gasteiger partial charge >= 0.3 is 11.9 Å². The van der Waals surface area contributed by atoms with Crippen LogP contribution in [-0.2, 0) is 9.59 Å². The quantitative estimate of drug-likeness (QED) is 0.206. The number of aliphatic carboxylic acids is 2. The second kappa shape index (κ2) is 21.3. The summed E-state index contributed by atoms with van der Waals surface area (Å²) >= 11 is 0. The molecule has 208 valence electrons. The zero-order valence-corrected chi connectivity index (χ0v) is 21.9. The van der Waals surface area contributed by atoms with Gasteiger partial charge < -0.3 is 20.8 Å². The normalized spacial score (nSPS) is 10.1. The first-order valence-corrected chi connectivity index (χ1v) is 13.2. The summed E-state index contributed by atoms with van der Waals surface area (Å²) in [7, 11) is 0. The minimum absolute atomic E-state index is 0.0909. The van der Waals surface area contributed by atoms with E-state index in [1.165, 1.54) is 0 Å². The third kappa shape index (κ3) is 17.6. The van der Waals surface area contributed by atoms with Crippen LogP contribution in [0.15, 0.2) is 49.1 Å². The lowest BCUT2D eigenvalue weighted by molar-refractivity contribution is -0.138. The number of hydrogen-bond acceptors (Lipinski definition) is 6. The Morgan fingerprint density at radius 2 is 0.947 bits per heavy atom. The maximum atomic E-state index is 11.8. The number of carboxylic acid groups (broad SMARTS) is 2. The molecule has 0 bridgehead atoms. The van der Waals surface area contributed by atoms with Gasteiger partial charge in [-0.2, -0.15) is 0 Å². The topological polar surface area (TPSA) is 159 Å². The summed E-state index contributed by atoms with van der Waals surface area (Å²) in [4.78, 5) is 51.7. The molecule has 0 fully saturated rings. The Kier molecular flexibility index (Phi) is 18.0. The average molecular weight is 529 g/mol. The van der Waals surface area contributed by atoms with Crippen molar-refractivity contribution in [1.29, 1.82) is 0 Å². The molecule has 0 spiro atoms. The lowest BCUT2D eigenvalue weighted by Gasteiger charge is -2.06. The number of hydrogen-bond donors (Lipinski definition) is 4. The first-order chi connectivity index (χ1) is 18.4. The number of rotatable bonds is 18. The fourth-order valence-corrected chi connectivity index (χ4v) is 3.47. The van der Waals surface area contributed by atoms with Crippen molar-refractivity contribution in [2.24, 2.45) is 0 Å². The molecular weight excluding hydrogens is 488 g/mol. The van der Waals surface area contributed by atoms with E-state index in [-0.39, 0.29) is 24.7 Å². The van der Waals surface area contributed by atoms with Crippen LogP contribution in [0, 0.1) is 0 Å². The van der Waals surface area contributed by atoms with Gasteiger partial charge in [0.1, 0.15) is 0 Å². The number of nitrogens with zero attached hydrogens (tertiary/aromatic N) is 2. The number of carboxylic acids is 2. The summed E-state index contributed by atoms with van der Waals surface area (Å²) < 4.78 is 0. The number of aromatic nitrogens is 2. The van der Waals surface area contributed by atoms with Gasteiger partial charge in [0.05, 0.1) is 11.1 Å². The summed E-state index contributed by atoms with van der Waals surface area (Å²) in [5.41, 5.74) is 1.16. The van der Waals surface area contributed by atoms with E-state index >= 15 is 0 Å². The largest absolute Gasteiger partial charge is 0.481 e. The lowest BCUT2D eigenvalue weighted by atomic mass is 10.1. The zero-order chi connectivity index (χ0) is 27.8. The second-order valence-corrected chi connectivity index (χ2v) is 8.82. The smallest absolute Gasteiger partial charge is 0.303 e. The van der Waals surface area contributed by atoms with Crippen LogP contribution in [0.4, 0.5) is 0 Å². The predicted octanol–water partition coefficient (Wildman–Crippen LogP) is 4.47. The lowest BCUT2D eigenvalue weighted by Crippen LogP contribution is -2.25. The maximum absolute atomic E-state index is 11.8. The molecule has 38 heavy (non-hydrogen) atoms. The Morgan fingerprint density at radius 3 is 1.29 bits per heavy atom. The predicted molar refractivity (Wildman–Crippen MR) is 144 cm³/mol. The van der Waals surface area contributed by atoms with E-state index < -0.39 is 11.9 Å². The van der Waals surface area contributed by atoms with E-state index in [1.54, 1.807) is 49.1 Å². The Balaban J connectivity index is 0.000000442. The van der Waals surface area contributed by atoms with Crippen LogP contribution in [-0.4, -0.2) is 57.0 Å². The molecule has 0 aliphatic rings. The van der Waals surface area contributed by atoms with Crippen LogP contribution in [0.5, 0.6) is 0 Å². The van der Waals surface area contributed by atoms with Gasteiger partial charge in [0.25, 0.3) is 11.8 Å². The molecule has 2 rings (SSSR count). The number of nitrogens with one attached hydrogen (secondary N) is 2. The number of amides is 2. The summed E-state index contributed by atoms with van der Waals surface area (Å²) in [6, 6.07) is 6.98. The van der Waals surface area contributed by atoms with E-state index in [2.05, 4.69) is 20.6 Å². The van der Waals surface area contributed by atoms with E-state index in [0.29, 0.717) is 24.2 Å². The molecular formula is C28H40N4O6. The highest BCUT2D eigenvalue weighted by molar-refractivity contribution is 5.94. The molecule has 0 radical (unpaired) electrons. The van der Waals surface area contributed by atoms with Gasteiger partial charge in [-0.15, -0.1) is 0 Å². The van der Waals surface area contributed by atoms with Crippen LogP contribution in [0.1, 0.15) is 97.8 Å². The van der Waals surface area contributed by atoms with Gasteiger partial charge in [-0.25, -0.2) is 0 Å². The molecule has 4 N–H and O–H groups in total. The highest BCUT2D eigenvalue weighted by Crippen LogP contribution is 2.08. The van der Waals surface area contributed by atoms with Crippen molar-refractivity contribution in [3.63, 3.8) is 0 Å². The van der Waals surface area contributed by atoms with Crippen molar-refractivity contribution in [2.45, 2.75) is 77.0 Å². The monoisotopic (exact) mass is 528 g/mol. The summed E-state index contributed by atoms with van der Waals surface area (Å²) in [5, 5.41) is 22.4. The molecule has 2 amide bonds. The minimum Gasteiger partial charge on any atom is -0.481 e. The Labute approximate surface area is 224 Å². The van der Waals surface area contributed by atoms with Gasteiger partial charge in [-0.05, 0) is 49.9 Å². The Morgan fingerprint density at radius 1 is 0.579 bits per heavy atom. The molecule has 0 saturated carbocycles. The molecule has 2 aromatic rings. The molecule has 0 atom stereocenters. The van der Waals surface area contributed by atoms with Crippen molar-refractivity contribution in [1.82, 2.24) is 20.6 Å². The fourth-order valence-electron chi connectivity index (χ4n) is 3.47. The van der Waals surface area contributed by atoms with Crippen LogP contribution in [0.25, 0.3) is 0 Å². The van der Waals surface area contributed by atoms with Gasteiger partial charge in [0, 0.05) is 50.7 Å². The van der Waals surface area contributed by atoms with Gasteiger partial charge in [0.15, 0.2) is 0 Å². The molecule has 0 saturated heterocycles. The zero-order valence-electron chi connectivity index (χ0n) is 21.9. The van der Waals surface area contributed by atoms with Crippen molar-refractivity contribution in [3.05, 3.63) is 60.2 Å². The molecule has 2 heterocycles. The highest BCUT2D eigenvalue weighted by Gasteiger charge is 2.05. The number of unbranched alkanes of at least 4 members (excludes halogenated alkanes) is 8. The first kappa shape index (κ1) is 32.2. The van der Waals surface area contributed by atoms with Crippen molar-refractivity contribution in [2.75, 3.05) is 13.1 Å². The van der Waals surface area contributed by atoms with E-state index in [0.717, 1.165) is 64.2 Å². The fraction of sp³-hybridized carbons (Fsp3) is 0.500. The Hall–Kier alpha value is -3.82. The number of carbonyl (C=O) groups excluding carboxylic acids is 2. The Bertz CT molecular complexity index is 863. The maximum Gasteiger partial charge on any atom is 0.303 e. The molecule has 0 unspecified atom stereocenters. The van der Waals surface area contributed by atoms with Crippen molar-refractivity contribution >= 4 is 23.8 Å². The summed E-state index contributed by atoms with van der Waals surface area (Å²) in [6.07, 6.45) is 16.1. The second-order valence-electron chi connectivity index (χ2n) is 8.82. The van der Waals surface area contributed by atoms with E-state index in [1.807, 2.05) is 0 Å². The third-order valence-electron chi connectivity index (χ3n) is 5.55. The molecule has 0 aliphatic carbocycles. The van der Waals surface area contributed by atoms with Crippen LogP contribution >= 0.6 is 0 Å². The summed E-state index contributed by atoms with van der Waals surface area (Å²) in [5.74, 6) is -1.66. The minimum atomic E-state index is -0.740. The van der Waals surface area contributed by atoms with Crippen molar-refractivity contribution in [3.8, 4) is 0 Å². The van der Waals surface area contributed by atoms with E-state index in [9.17, 15) is 19.2 Å². The first-order valence-electron chi connectivity index (χ1n) is 13.2. The summed E-state index contributed by atoms with van der Waals surface area (Å²) in [6.45, 7) is 1.30. The molecule has 10 heteroatoms. The van der Waals surface area contributed by atoms with Gasteiger partial charge in [-0.1, -0.05) is 38.5 Å². The molecule has 0 aliphatic heterocycles. The van der Waals surface area contributed by atoms with E-state index in [4.69, 9.17) is 10.2 Å². The van der Waals surface area contributed by atoms with Crippen molar-refractivity contribution < 1.29 is 29.4 Å². The third-order valence-corrected chi connectivity index (χ3v) is 5.55. The van der Waals surface area contributed by atoms with Crippen LogP contribution in [0.3, 0.4) is 0 Å². The van der Waals surface area contributed by atoms with Crippen LogP contribution in [0.2, 0.25) is 0 Å². The SMILES string of the molecule is O=C(NCCCCCCNC(=O)c1cccnc1)c1cccnc1.O=C(O)CCCCCCCCC(=O)O. The van der Waals surface area contributed by atoms with Gasteiger partial charge in [-0.3, -0.25) is 29.1 Å². The standard InChI is InChI=1S/C18H22N4O2.C10H18O4/c23-17(15-7-5-9-19-13-15)21-11-3-1-2-4-12-22-18(24)16-8-6-10-20-14-16;11-9(12)7-5-3-1-2-4-6-8-10(13)14/h5-10,13-14H,1-4,11-12H2,(H,21,23)(H,22,24);1-8H2,(H,11,12)(H,13,14). The molecule has 2 aromatic heterocycles. The molecule has 0 aromatic carbocycles. The number of pyridine rings is 2. The molecule has 10 nitrogen and oxygen atoms in total. The number of carbonyl (C=O) groups is 4.